The van der Waals surface area contributed by atoms with Crippen molar-refractivity contribution in [3.05, 3.63) is 24.3 Å². The van der Waals surface area contributed by atoms with Crippen molar-refractivity contribution >= 4 is 11.9 Å². The minimum absolute atomic E-state index is 0.00298. The van der Waals surface area contributed by atoms with E-state index >= 15 is 0 Å². The van der Waals surface area contributed by atoms with Crippen molar-refractivity contribution in [1.29, 1.82) is 0 Å². The van der Waals surface area contributed by atoms with Crippen LogP contribution in [0.15, 0.2) is 24.3 Å². The van der Waals surface area contributed by atoms with Crippen LogP contribution >= 0.6 is 0 Å². The Balaban J connectivity index is 3.41. The molecule has 1 amide bonds. The molecule has 68 heavy (non-hydrogen) atoms. The lowest BCUT2D eigenvalue weighted by atomic mass is 10.0. The summed E-state index contributed by atoms with van der Waals surface area (Å²) in [4.78, 5) is 24.5. The molecule has 0 radical (unpaired) electrons. The van der Waals surface area contributed by atoms with Gasteiger partial charge < -0.3 is 20.3 Å². The first kappa shape index (κ1) is 66.3. The number of ether oxygens (including phenoxy) is 1. The molecule has 0 aliphatic rings. The molecule has 0 aromatic carbocycles. The van der Waals surface area contributed by atoms with Gasteiger partial charge in [-0.2, -0.15) is 0 Å². The van der Waals surface area contributed by atoms with Crippen LogP contribution in [0.25, 0.3) is 0 Å². The van der Waals surface area contributed by atoms with Gasteiger partial charge in [0.2, 0.25) is 5.91 Å². The summed E-state index contributed by atoms with van der Waals surface area (Å²) in [5.74, 6) is -0.0623. The molecular weight excluding hydrogens is 839 g/mol. The van der Waals surface area contributed by atoms with Gasteiger partial charge in [0, 0.05) is 12.8 Å². The number of rotatable bonds is 57. The van der Waals surface area contributed by atoms with E-state index in [1.165, 1.54) is 263 Å². The zero-order chi connectivity index (χ0) is 49.3. The van der Waals surface area contributed by atoms with Crippen molar-refractivity contribution in [2.75, 3.05) is 13.2 Å². The predicted octanol–water partition coefficient (Wildman–Crippen LogP) is 19.0. The number of esters is 1. The van der Waals surface area contributed by atoms with E-state index in [-0.39, 0.29) is 18.5 Å². The first-order chi connectivity index (χ1) is 33.5. The zero-order valence-electron chi connectivity index (χ0n) is 45.9. The van der Waals surface area contributed by atoms with Crippen LogP contribution in [0, 0.1) is 0 Å². The predicted molar refractivity (Wildman–Crippen MR) is 296 cm³/mol. The van der Waals surface area contributed by atoms with Crippen LogP contribution in [-0.4, -0.2) is 47.4 Å². The maximum Gasteiger partial charge on any atom is 0.305 e. The molecule has 6 nitrogen and oxygen atoms in total. The summed E-state index contributed by atoms with van der Waals surface area (Å²) in [5, 5.41) is 23.2. The smallest absolute Gasteiger partial charge is 0.305 e. The second-order valence-electron chi connectivity index (χ2n) is 21.0. The summed E-state index contributed by atoms with van der Waals surface area (Å²) < 4.78 is 5.46. The highest BCUT2D eigenvalue weighted by molar-refractivity contribution is 5.76. The highest BCUT2D eigenvalue weighted by Gasteiger charge is 2.18. The Hall–Kier alpha value is -1.66. The fourth-order valence-electron chi connectivity index (χ4n) is 9.50. The van der Waals surface area contributed by atoms with Crippen LogP contribution in [-0.2, 0) is 14.3 Å². The third-order valence-corrected chi connectivity index (χ3v) is 14.2. The highest BCUT2D eigenvalue weighted by Crippen LogP contribution is 2.18. The molecule has 0 fully saturated rings. The van der Waals surface area contributed by atoms with Gasteiger partial charge in [0.1, 0.15) is 0 Å². The van der Waals surface area contributed by atoms with Crippen molar-refractivity contribution in [3.63, 3.8) is 0 Å². The number of nitrogens with one attached hydrogen (secondary N) is 1. The van der Waals surface area contributed by atoms with E-state index in [2.05, 4.69) is 31.3 Å². The Morgan fingerprint density at radius 1 is 0.397 bits per heavy atom. The average Bonchev–Trinajstić information content (AvgIpc) is 3.34. The quantitative estimate of drug-likeness (QED) is 0.0321. The van der Waals surface area contributed by atoms with Crippen molar-refractivity contribution in [2.24, 2.45) is 0 Å². The molecule has 0 spiro atoms. The van der Waals surface area contributed by atoms with E-state index in [0.29, 0.717) is 19.4 Å². The Kier molecular flexibility index (Phi) is 56.5. The molecule has 2 unspecified atom stereocenters. The monoisotopic (exact) mass is 958 g/mol. The molecule has 2 atom stereocenters. The van der Waals surface area contributed by atoms with Gasteiger partial charge in [-0.05, 0) is 51.4 Å². The van der Waals surface area contributed by atoms with E-state index < -0.39 is 12.1 Å². The molecule has 0 aromatic rings. The van der Waals surface area contributed by atoms with Crippen LogP contribution in [0.1, 0.15) is 335 Å². The van der Waals surface area contributed by atoms with E-state index in [1.54, 1.807) is 6.08 Å². The summed E-state index contributed by atoms with van der Waals surface area (Å²) in [7, 11) is 0. The first-order valence-corrected chi connectivity index (χ1v) is 30.6. The number of carbonyl (C=O) groups excluding carboxylic acids is 2. The largest absolute Gasteiger partial charge is 0.466 e. The van der Waals surface area contributed by atoms with Gasteiger partial charge in [-0.25, -0.2) is 0 Å². The van der Waals surface area contributed by atoms with Crippen molar-refractivity contribution in [3.8, 4) is 0 Å². The Morgan fingerprint density at radius 2 is 0.706 bits per heavy atom. The summed E-state index contributed by atoms with van der Waals surface area (Å²) >= 11 is 0. The maximum atomic E-state index is 12.5. The van der Waals surface area contributed by atoms with Gasteiger partial charge in [0.05, 0.1) is 25.4 Å². The van der Waals surface area contributed by atoms with Crippen LogP contribution in [0.5, 0.6) is 0 Å². The number of unbranched alkanes of at least 4 members (excludes halogenated alkanes) is 44. The summed E-state index contributed by atoms with van der Waals surface area (Å²) in [5.41, 5.74) is 0. The lowest BCUT2D eigenvalue weighted by Gasteiger charge is -2.20. The van der Waals surface area contributed by atoms with Crippen LogP contribution in [0.3, 0.4) is 0 Å². The Labute approximate surface area is 424 Å². The van der Waals surface area contributed by atoms with E-state index in [9.17, 15) is 19.8 Å². The summed E-state index contributed by atoms with van der Waals surface area (Å²) in [6.45, 7) is 4.88. The number of carbonyl (C=O) groups is 2. The fourth-order valence-corrected chi connectivity index (χ4v) is 9.50. The number of allylic oxidation sites excluding steroid dienone is 3. The maximum absolute atomic E-state index is 12.5. The first-order valence-electron chi connectivity index (χ1n) is 30.6. The van der Waals surface area contributed by atoms with Crippen LogP contribution in [0.2, 0.25) is 0 Å². The molecule has 0 aromatic heterocycles. The number of aliphatic hydroxyl groups excluding tert-OH is 2. The minimum Gasteiger partial charge on any atom is -0.466 e. The van der Waals surface area contributed by atoms with E-state index in [1.807, 2.05) is 6.08 Å². The summed E-state index contributed by atoms with van der Waals surface area (Å²) in [6.07, 6.45) is 70.7. The number of hydrogen-bond acceptors (Lipinski definition) is 5. The van der Waals surface area contributed by atoms with Gasteiger partial charge >= 0.3 is 5.97 Å². The highest BCUT2D eigenvalue weighted by atomic mass is 16.5. The molecule has 0 aliphatic carbocycles. The molecule has 0 bridgehead atoms. The van der Waals surface area contributed by atoms with Gasteiger partial charge in [0.15, 0.2) is 0 Å². The SMILES string of the molecule is CCCC/C=C\CCCCCCCC(=O)OCCCCCCCCCCCCCCCCCCCCCCCCCC(=O)NC(CO)C(O)/C=C/CCCCCCCCCCCCCCCCC. The standard InChI is InChI=1S/C62H119NO5/c1-3-5-7-9-11-13-15-16-17-25-28-31-35-38-42-46-50-54-60(65)59(58-64)63-61(66)55-51-47-43-39-36-32-29-26-23-21-19-18-20-22-24-27-30-33-37-41-45-49-53-57-68-62(67)56-52-48-44-40-34-14-12-10-8-6-4-2/h10,12,50,54,59-60,64-65H,3-9,11,13-49,51-53,55-58H2,1-2H3,(H,63,66)/b12-10-,54-50+. The molecule has 0 rings (SSSR count). The lowest BCUT2D eigenvalue weighted by Crippen LogP contribution is -2.45. The fraction of sp³-hybridized carbons (Fsp3) is 0.903. The Morgan fingerprint density at radius 3 is 1.09 bits per heavy atom. The van der Waals surface area contributed by atoms with Crippen molar-refractivity contribution in [1.82, 2.24) is 5.32 Å². The average molecular weight is 959 g/mol. The molecule has 3 N–H and O–H groups in total. The normalized spacial score (nSPS) is 12.7. The third kappa shape index (κ3) is 53.7. The topological polar surface area (TPSA) is 95.9 Å². The van der Waals surface area contributed by atoms with Gasteiger partial charge in [0.25, 0.3) is 0 Å². The second-order valence-corrected chi connectivity index (χ2v) is 21.0. The van der Waals surface area contributed by atoms with Crippen LogP contribution in [0.4, 0.5) is 0 Å². The number of hydrogen-bond donors (Lipinski definition) is 3. The summed E-state index contributed by atoms with van der Waals surface area (Å²) in [6, 6.07) is -0.627. The van der Waals surface area contributed by atoms with Gasteiger partial charge in [-0.3, -0.25) is 9.59 Å². The number of aliphatic hydroxyl groups is 2. The van der Waals surface area contributed by atoms with E-state index in [0.717, 1.165) is 44.9 Å². The molecule has 0 saturated carbocycles. The van der Waals surface area contributed by atoms with Gasteiger partial charge in [-0.1, -0.05) is 295 Å². The van der Waals surface area contributed by atoms with Crippen molar-refractivity contribution in [2.45, 2.75) is 347 Å². The van der Waals surface area contributed by atoms with E-state index in [4.69, 9.17) is 4.74 Å². The molecular formula is C62H119NO5. The Bertz CT molecular complexity index is 1060. The lowest BCUT2D eigenvalue weighted by molar-refractivity contribution is -0.143. The second kappa shape index (κ2) is 57.9. The molecule has 0 aliphatic heterocycles. The minimum atomic E-state index is -0.844. The zero-order valence-corrected chi connectivity index (χ0v) is 45.9. The third-order valence-electron chi connectivity index (χ3n) is 14.2. The molecule has 0 heterocycles. The van der Waals surface area contributed by atoms with Crippen LogP contribution < -0.4 is 5.32 Å². The molecule has 0 saturated heterocycles. The molecule has 6 heteroatoms. The molecule has 402 valence electrons. The van der Waals surface area contributed by atoms with Gasteiger partial charge in [-0.15, -0.1) is 0 Å². The number of amides is 1. The van der Waals surface area contributed by atoms with Crippen molar-refractivity contribution < 1.29 is 24.5 Å².